The molecule has 0 bridgehead atoms. The first kappa shape index (κ1) is 25.6. The van der Waals surface area contributed by atoms with E-state index >= 15 is 0 Å². The normalized spacial score (nSPS) is 19.9. The van der Waals surface area contributed by atoms with Gasteiger partial charge in [0.15, 0.2) is 0 Å². The predicted octanol–water partition coefficient (Wildman–Crippen LogP) is 1.61. The zero-order valence-electron chi connectivity index (χ0n) is 20.4. The zero-order chi connectivity index (χ0) is 24.8. The number of ether oxygens (including phenoxy) is 2. The van der Waals surface area contributed by atoms with Gasteiger partial charge in [-0.05, 0) is 26.2 Å². The minimum atomic E-state index is -0.626. The molecule has 186 valence electrons. The summed E-state index contributed by atoms with van der Waals surface area (Å²) in [5, 5.41) is 0. The quantitative estimate of drug-likeness (QED) is 0.300. The number of Topliss-reactive ketones (excluding diaryl/α,β-unsaturated/α-hetero) is 1. The molecular formula is C24H35N4O6+. The topological polar surface area (TPSA) is 116 Å². The molecule has 1 aliphatic rings. The number of imidazole rings is 1. The largest absolute Gasteiger partial charge is 0.459 e. The van der Waals surface area contributed by atoms with Crippen LogP contribution in [0.15, 0.2) is 28.2 Å². The Morgan fingerprint density at radius 2 is 1.97 bits per heavy atom. The fraction of sp³-hybridized carbons (Fsp3) is 0.625. The van der Waals surface area contributed by atoms with E-state index in [1.165, 1.54) is 10.8 Å². The van der Waals surface area contributed by atoms with Gasteiger partial charge in [0.2, 0.25) is 0 Å². The molecule has 3 atom stereocenters. The summed E-state index contributed by atoms with van der Waals surface area (Å²) in [4.78, 5) is 50.6. The lowest BCUT2D eigenvalue weighted by molar-refractivity contribution is -0.702. The molecule has 0 aromatic carbocycles. The highest BCUT2D eigenvalue weighted by atomic mass is 16.6. The SMILES string of the molecule is CC[C@H]1O[C@@H](n2cc(C)c(=O)[nH]c2=O)CC1OC(=O)CCC(=O)CCCC[n+]1ccn(C)c1C. The van der Waals surface area contributed by atoms with Gasteiger partial charge in [-0.3, -0.25) is 23.9 Å². The molecule has 0 radical (unpaired) electrons. The Kier molecular flexibility index (Phi) is 8.60. The van der Waals surface area contributed by atoms with E-state index in [9.17, 15) is 19.2 Å². The first-order valence-electron chi connectivity index (χ1n) is 11.9. The molecule has 0 spiro atoms. The summed E-state index contributed by atoms with van der Waals surface area (Å²) in [6.45, 7) is 6.43. The Hall–Kier alpha value is -3.01. The highest BCUT2D eigenvalue weighted by Gasteiger charge is 2.38. The highest BCUT2D eigenvalue weighted by molar-refractivity contribution is 5.82. The van der Waals surface area contributed by atoms with Crippen LogP contribution in [0.25, 0.3) is 0 Å². The van der Waals surface area contributed by atoms with E-state index in [1.54, 1.807) is 6.92 Å². The Bertz CT molecular complexity index is 1130. The van der Waals surface area contributed by atoms with Crippen LogP contribution in [0, 0.1) is 13.8 Å². The average Bonchev–Trinajstić information content (AvgIpc) is 3.35. The maximum absolute atomic E-state index is 12.4. The molecule has 2 aromatic heterocycles. The van der Waals surface area contributed by atoms with Crippen LogP contribution < -0.4 is 15.8 Å². The van der Waals surface area contributed by atoms with Crippen molar-refractivity contribution in [3.05, 3.63) is 50.8 Å². The molecule has 3 heterocycles. The molecule has 1 saturated heterocycles. The first-order chi connectivity index (χ1) is 16.2. The second-order valence-electron chi connectivity index (χ2n) is 8.93. The molecule has 0 amide bonds. The van der Waals surface area contributed by atoms with Gasteiger partial charge in [-0.1, -0.05) is 6.92 Å². The molecule has 1 aliphatic heterocycles. The van der Waals surface area contributed by atoms with Crippen molar-refractivity contribution in [3.8, 4) is 0 Å². The van der Waals surface area contributed by atoms with Gasteiger partial charge in [-0.15, -0.1) is 0 Å². The standard InChI is InChI=1S/C24H34N4O6/c1-5-19-20(14-21(33-19)28-15-16(2)23(31)25-24(28)32)34-22(30)10-9-18(29)8-6-7-11-27-13-12-26(4)17(27)3/h12-13,15,19-21H,5-11,14H2,1-4H3/p+1/t19-,20?,21-/m1/s1. The van der Waals surface area contributed by atoms with Crippen LogP contribution in [-0.2, 0) is 32.7 Å². The van der Waals surface area contributed by atoms with E-state index < -0.39 is 29.6 Å². The molecular weight excluding hydrogens is 440 g/mol. The molecule has 0 saturated carbocycles. The van der Waals surface area contributed by atoms with Gasteiger partial charge in [-0.25, -0.2) is 13.9 Å². The lowest BCUT2D eigenvalue weighted by Gasteiger charge is -2.17. The first-order valence-corrected chi connectivity index (χ1v) is 11.9. The van der Waals surface area contributed by atoms with Crippen molar-refractivity contribution in [2.75, 3.05) is 0 Å². The smallest absolute Gasteiger partial charge is 0.330 e. The third kappa shape index (κ3) is 6.31. The van der Waals surface area contributed by atoms with Crippen molar-refractivity contribution in [2.45, 2.75) is 90.7 Å². The summed E-state index contributed by atoms with van der Waals surface area (Å²) in [7, 11) is 2.00. The number of hydrogen-bond donors (Lipinski definition) is 1. The number of hydrogen-bond acceptors (Lipinski definition) is 6. The van der Waals surface area contributed by atoms with E-state index in [4.69, 9.17) is 9.47 Å². The number of rotatable bonds is 11. The van der Waals surface area contributed by atoms with E-state index in [1.807, 2.05) is 26.4 Å². The Labute approximate surface area is 198 Å². The molecule has 10 nitrogen and oxygen atoms in total. The molecule has 2 aromatic rings. The lowest BCUT2D eigenvalue weighted by atomic mass is 10.1. The summed E-state index contributed by atoms with van der Waals surface area (Å²) in [6.07, 6.45) is 7.21. The number of aryl methyl sites for hydroxylation is 3. The second-order valence-corrected chi connectivity index (χ2v) is 8.93. The molecule has 34 heavy (non-hydrogen) atoms. The van der Waals surface area contributed by atoms with Crippen LogP contribution in [0.1, 0.15) is 69.5 Å². The van der Waals surface area contributed by atoms with Crippen LogP contribution in [0.3, 0.4) is 0 Å². The van der Waals surface area contributed by atoms with Crippen molar-refractivity contribution in [2.24, 2.45) is 7.05 Å². The minimum Gasteiger partial charge on any atom is -0.459 e. The summed E-state index contributed by atoms with van der Waals surface area (Å²) in [5.74, 6) is 0.772. The Morgan fingerprint density at radius 3 is 2.65 bits per heavy atom. The maximum atomic E-state index is 12.4. The monoisotopic (exact) mass is 475 g/mol. The fourth-order valence-corrected chi connectivity index (χ4v) is 4.19. The van der Waals surface area contributed by atoms with Crippen LogP contribution in [0.5, 0.6) is 0 Å². The van der Waals surface area contributed by atoms with E-state index in [2.05, 4.69) is 21.0 Å². The van der Waals surface area contributed by atoms with Crippen molar-refractivity contribution < 1.29 is 23.6 Å². The average molecular weight is 476 g/mol. The Morgan fingerprint density at radius 1 is 1.21 bits per heavy atom. The van der Waals surface area contributed by atoms with Gasteiger partial charge in [0.05, 0.1) is 26.1 Å². The van der Waals surface area contributed by atoms with E-state index in [0.717, 1.165) is 25.2 Å². The summed E-state index contributed by atoms with van der Waals surface area (Å²) in [5.41, 5.74) is -0.602. The molecule has 10 heteroatoms. The van der Waals surface area contributed by atoms with Gasteiger partial charge in [0, 0.05) is 37.9 Å². The van der Waals surface area contributed by atoms with Gasteiger partial charge in [0.1, 0.15) is 30.5 Å². The van der Waals surface area contributed by atoms with Crippen molar-refractivity contribution in [1.29, 1.82) is 0 Å². The molecule has 1 N–H and O–H groups in total. The molecule has 1 unspecified atom stereocenters. The van der Waals surface area contributed by atoms with Crippen LogP contribution >= 0.6 is 0 Å². The molecule has 0 aliphatic carbocycles. The van der Waals surface area contributed by atoms with E-state index in [0.29, 0.717) is 24.8 Å². The number of carbonyl (C=O) groups is 2. The molecule has 3 rings (SSSR count). The van der Waals surface area contributed by atoms with Gasteiger partial charge in [0.25, 0.3) is 11.4 Å². The van der Waals surface area contributed by atoms with Crippen molar-refractivity contribution >= 4 is 11.8 Å². The minimum absolute atomic E-state index is 0.0285. The van der Waals surface area contributed by atoms with Crippen LogP contribution in [-0.4, -0.2) is 38.1 Å². The summed E-state index contributed by atoms with van der Waals surface area (Å²) < 4.78 is 17.1. The van der Waals surface area contributed by atoms with Crippen LogP contribution in [0.4, 0.5) is 0 Å². The zero-order valence-corrected chi connectivity index (χ0v) is 20.4. The van der Waals surface area contributed by atoms with Crippen molar-refractivity contribution in [3.63, 3.8) is 0 Å². The van der Waals surface area contributed by atoms with Gasteiger partial charge >= 0.3 is 11.7 Å². The number of carbonyl (C=O) groups excluding carboxylic acids is 2. The number of nitrogens with one attached hydrogen (secondary N) is 1. The lowest BCUT2D eigenvalue weighted by Crippen LogP contribution is -2.35. The summed E-state index contributed by atoms with van der Waals surface area (Å²) in [6, 6.07) is 0. The number of aromatic nitrogens is 4. The number of H-pyrrole nitrogens is 1. The van der Waals surface area contributed by atoms with Gasteiger partial charge in [-0.2, -0.15) is 0 Å². The third-order valence-corrected chi connectivity index (χ3v) is 6.43. The number of ketones is 1. The fourth-order valence-electron chi connectivity index (χ4n) is 4.19. The molecule has 1 fully saturated rings. The van der Waals surface area contributed by atoms with E-state index in [-0.39, 0.29) is 24.7 Å². The number of nitrogens with zero attached hydrogens (tertiary/aromatic N) is 3. The number of esters is 1. The second kappa shape index (κ2) is 11.4. The summed E-state index contributed by atoms with van der Waals surface area (Å²) >= 11 is 0. The third-order valence-electron chi connectivity index (χ3n) is 6.43. The maximum Gasteiger partial charge on any atom is 0.330 e. The highest BCUT2D eigenvalue weighted by Crippen LogP contribution is 2.31. The van der Waals surface area contributed by atoms with Crippen molar-refractivity contribution in [1.82, 2.24) is 14.1 Å². The number of aromatic amines is 1. The van der Waals surface area contributed by atoms with Crippen LogP contribution in [0.2, 0.25) is 0 Å². The Balaban J connectivity index is 1.42. The predicted molar refractivity (Wildman–Crippen MR) is 123 cm³/mol. The van der Waals surface area contributed by atoms with Gasteiger partial charge < -0.3 is 9.47 Å². The number of unbranched alkanes of at least 4 members (excludes halogenated alkanes) is 1.